The predicted octanol–water partition coefficient (Wildman–Crippen LogP) is -3.99. The Bertz CT molecular complexity index is 2340. The number of hydrogen-bond acceptors (Lipinski definition) is 28. The predicted molar refractivity (Wildman–Crippen MR) is 303 cm³/mol. The standard InChI is InChI=1S/C61H104O28/c1-10-28-37(65)42(70)47(75)52(82-28)80-23-32-41(69)46(74)51(89-55-50(78)44(72)39(67)30(21-63)84-55)56(86-32)88-36(58(5,6)79)15-11-24(2)25-17-18-59(7)33-14-12-26-27(61(33,9)34(64)19-60(25,59)8)13-16-35(57(26,3)4)87-54-49(77)45(73)40(68)31(85-54)22-81-53-48(76)43(71)38(66)29(20-62)83-53/h12,24-25,27-56,62-79H,10-11,13-23H2,1-9H3. The Morgan fingerprint density at radius 2 is 1.00 bits per heavy atom. The Hall–Kier alpha value is -1.38. The molecule has 5 heterocycles. The van der Waals surface area contributed by atoms with Crippen molar-refractivity contribution >= 4 is 0 Å². The zero-order valence-corrected chi connectivity index (χ0v) is 52.4. The Kier molecular flexibility index (Phi) is 22.3. The monoisotopic (exact) mass is 1280 g/mol. The van der Waals surface area contributed by atoms with E-state index in [9.17, 15) is 91.9 Å². The van der Waals surface area contributed by atoms with Crippen LogP contribution in [0.2, 0.25) is 0 Å². The first kappa shape index (κ1) is 71.9. The summed E-state index contributed by atoms with van der Waals surface area (Å²) in [4.78, 5) is 0. The van der Waals surface area contributed by atoms with E-state index in [-0.39, 0.29) is 47.3 Å². The van der Waals surface area contributed by atoms with E-state index in [4.69, 9.17) is 47.4 Å². The number of rotatable bonds is 20. The van der Waals surface area contributed by atoms with Crippen LogP contribution in [0.5, 0.6) is 0 Å². The fraction of sp³-hybridized carbons (Fsp3) is 0.967. The van der Waals surface area contributed by atoms with E-state index in [1.54, 1.807) is 6.92 Å². The quantitative estimate of drug-likeness (QED) is 0.0517. The van der Waals surface area contributed by atoms with Gasteiger partial charge in [0, 0.05) is 10.8 Å². The Balaban J connectivity index is 0.883. The van der Waals surface area contributed by atoms with E-state index >= 15 is 0 Å². The van der Waals surface area contributed by atoms with Crippen LogP contribution in [-0.2, 0) is 47.4 Å². The van der Waals surface area contributed by atoms with Crippen LogP contribution in [0.3, 0.4) is 0 Å². The molecule has 28 heteroatoms. The molecule has 4 aliphatic carbocycles. The van der Waals surface area contributed by atoms with Gasteiger partial charge in [0.05, 0.1) is 56.4 Å². The minimum Gasteiger partial charge on any atom is -0.394 e. The van der Waals surface area contributed by atoms with Gasteiger partial charge in [0.15, 0.2) is 31.5 Å². The zero-order valence-electron chi connectivity index (χ0n) is 52.4. The van der Waals surface area contributed by atoms with Crippen molar-refractivity contribution in [3.63, 3.8) is 0 Å². The summed E-state index contributed by atoms with van der Waals surface area (Å²) in [6, 6.07) is 0. The van der Waals surface area contributed by atoms with Crippen LogP contribution in [-0.4, -0.2) is 296 Å². The fourth-order valence-corrected chi connectivity index (χ4v) is 17.2. The molecule has 0 aromatic carbocycles. The summed E-state index contributed by atoms with van der Waals surface area (Å²) in [5.74, 6) is 0.0363. The van der Waals surface area contributed by atoms with E-state index in [0.717, 1.165) is 18.4 Å². The number of allylic oxidation sites excluding steroid dienone is 1. The molecule has 89 heavy (non-hydrogen) atoms. The SMILES string of the molecule is CCC1OC(OCC2OC(OC(CCC(C)C3CCC4(C)C5CC=C6C(CCC(OC7OC(COC8OC(CO)C(O)C(O)C8O)C(O)C(O)C7O)C6(C)C)C5(C)C(O)CC34C)C(C)(C)O)C(OC3OC(CO)C(O)C(O)C3O)C(O)C2O)C(O)C(O)C1O. The van der Waals surface area contributed by atoms with E-state index in [0.29, 0.717) is 32.1 Å². The second-order valence-electron chi connectivity index (χ2n) is 28.9. The van der Waals surface area contributed by atoms with Crippen molar-refractivity contribution in [3.8, 4) is 0 Å². The Morgan fingerprint density at radius 3 is 1.53 bits per heavy atom. The van der Waals surface area contributed by atoms with Crippen molar-refractivity contribution in [2.24, 2.45) is 45.3 Å². The molecule has 18 N–H and O–H groups in total. The maximum Gasteiger partial charge on any atom is 0.187 e. The number of fused-ring (bicyclic) bond motifs is 5. The van der Waals surface area contributed by atoms with Crippen LogP contribution in [0.15, 0.2) is 11.6 Å². The summed E-state index contributed by atoms with van der Waals surface area (Å²) in [5.41, 5.74) is -2.41. The van der Waals surface area contributed by atoms with Gasteiger partial charge in [0.25, 0.3) is 0 Å². The minimum absolute atomic E-state index is 0.0198. The van der Waals surface area contributed by atoms with Gasteiger partial charge < -0.3 is 139 Å². The molecule has 8 fully saturated rings. The molecule has 9 aliphatic rings. The molecule has 0 spiro atoms. The van der Waals surface area contributed by atoms with Crippen LogP contribution >= 0.6 is 0 Å². The van der Waals surface area contributed by atoms with Crippen molar-refractivity contribution in [2.75, 3.05) is 26.4 Å². The number of aliphatic hydroxyl groups excluding tert-OH is 17. The third-order valence-electron chi connectivity index (χ3n) is 23.1. The Labute approximate surface area is 518 Å². The highest BCUT2D eigenvalue weighted by atomic mass is 16.8. The normalized spacial score (nSPS) is 51.8. The number of hydrogen-bond donors (Lipinski definition) is 18. The maximum atomic E-state index is 12.8. The van der Waals surface area contributed by atoms with Crippen LogP contribution in [0.25, 0.3) is 0 Å². The zero-order chi connectivity index (χ0) is 65.5. The summed E-state index contributed by atoms with van der Waals surface area (Å²) in [5, 5.41) is 196. The van der Waals surface area contributed by atoms with E-state index < -0.39 is 215 Å². The molecule has 0 bridgehead atoms. The van der Waals surface area contributed by atoms with Crippen LogP contribution in [0.1, 0.15) is 120 Å². The van der Waals surface area contributed by atoms with E-state index in [2.05, 4.69) is 33.8 Å². The van der Waals surface area contributed by atoms with E-state index in [1.807, 2.05) is 13.8 Å². The van der Waals surface area contributed by atoms with Gasteiger partial charge in [-0.2, -0.15) is 0 Å². The van der Waals surface area contributed by atoms with Gasteiger partial charge in [-0.05, 0) is 106 Å². The molecular formula is C61H104O28. The van der Waals surface area contributed by atoms with Crippen molar-refractivity contribution in [1.29, 1.82) is 0 Å². The molecule has 3 saturated carbocycles. The smallest absolute Gasteiger partial charge is 0.187 e. The second-order valence-corrected chi connectivity index (χ2v) is 28.9. The lowest BCUT2D eigenvalue weighted by atomic mass is 9.38. The van der Waals surface area contributed by atoms with Crippen molar-refractivity contribution in [1.82, 2.24) is 0 Å². The lowest BCUT2D eigenvalue weighted by molar-refractivity contribution is -0.380. The van der Waals surface area contributed by atoms with Gasteiger partial charge in [-0.1, -0.05) is 60.1 Å². The largest absolute Gasteiger partial charge is 0.394 e. The molecular weight excluding hydrogens is 1180 g/mol. The minimum atomic E-state index is -1.93. The van der Waals surface area contributed by atoms with Crippen molar-refractivity contribution < 1.29 is 139 Å². The first-order chi connectivity index (χ1) is 41.6. The van der Waals surface area contributed by atoms with Gasteiger partial charge in [-0.3, -0.25) is 0 Å². The molecule has 5 aliphatic heterocycles. The molecule has 0 aromatic rings. The second kappa shape index (κ2) is 27.6. The summed E-state index contributed by atoms with van der Waals surface area (Å²) < 4.78 is 59.9. The molecule has 516 valence electrons. The average Bonchev–Trinajstić information content (AvgIpc) is 1.66. The molecule has 9 rings (SSSR count). The Morgan fingerprint density at radius 1 is 0.539 bits per heavy atom. The molecule has 0 radical (unpaired) electrons. The lowest BCUT2D eigenvalue weighted by Gasteiger charge is -2.67. The van der Waals surface area contributed by atoms with Gasteiger partial charge in [0.2, 0.25) is 0 Å². The molecule has 35 atom stereocenters. The van der Waals surface area contributed by atoms with Gasteiger partial charge in [-0.15, -0.1) is 0 Å². The first-order valence-corrected chi connectivity index (χ1v) is 31.9. The third kappa shape index (κ3) is 13.1. The topological polar surface area (TPSA) is 456 Å². The highest BCUT2D eigenvalue weighted by Crippen LogP contribution is 2.75. The van der Waals surface area contributed by atoms with Crippen LogP contribution < -0.4 is 0 Å². The molecule has 5 saturated heterocycles. The summed E-state index contributed by atoms with van der Waals surface area (Å²) in [6.45, 7) is 15.2. The molecule has 0 amide bonds. The van der Waals surface area contributed by atoms with Crippen molar-refractivity contribution in [3.05, 3.63) is 11.6 Å². The highest BCUT2D eigenvalue weighted by Gasteiger charge is 2.70. The maximum absolute atomic E-state index is 12.8. The third-order valence-corrected chi connectivity index (χ3v) is 23.1. The van der Waals surface area contributed by atoms with E-state index in [1.165, 1.54) is 13.8 Å². The van der Waals surface area contributed by atoms with Gasteiger partial charge in [0.1, 0.15) is 116 Å². The van der Waals surface area contributed by atoms with Gasteiger partial charge >= 0.3 is 0 Å². The number of aliphatic hydroxyl groups is 18. The summed E-state index contributed by atoms with van der Waals surface area (Å²) >= 11 is 0. The first-order valence-electron chi connectivity index (χ1n) is 31.9. The van der Waals surface area contributed by atoms with Crippen LogP contribution in [0, 0.1) is 45.3 Å². The fourth-order valence-electron chi connectivity index (χ4n) is 17.2. The summed E-state index contributed by atoms with van der Waals surface area (Å²) in [7, 11) is 0. The van der Waals surface area contributed by atoms with Crippen molar-refractivity contribution in [2.45, 2.75) is 298 Å². The molecule has 0 aromatic heterocycles. The molecule has 35 unspecified atom stereocenters. The van der Waals surface area contributed by atoms with Crippen LogP contribution in [0.4, 0.5) is 0 Å². The number of ether oxygens (including phenoxy) is 10. The average molecular weight is 1290 g/mol. The molecule has 28 nitrogen and oxygen atoms in total. The summed E-state index contributed by atoms with van der Waals surface area (Å²) in [6.07, 6.45) is -35.5. The highest BCUT2D eigenvalue weighted by molar-refractivity contribution is 5.32. The lowest BCUT2D eigenvalue weighted by Crippen LogP contribution is -2.65. The van der Waals surface area contributed by atoms with Gasteiger partial charge in [-0.25, -0.2) is 0 Å².